The fourth-order valence-corrected chi connectivity index (χ4v) is 21.9. The minimum Gasteiger partial charge on any atom is -0.426 e. The second kappa shape index (κ2) is 25.9. The molecule has 0 radical (unpaired) electrons. The quantitative estimate of drug-likeness (QED) is 0.132. The Labute approximate surface area is 590 Å². The third kappa shape index (κ3) is 15.4. The van der Waals surface area contributed by atoms with Crippen LogP contribution in [0, 0.1) is 19.8 Å². The molecule has 0 unspecified atom stereocenters. The van der Waals surface area contributed by atoms with Crippen LogP contribution in [0.15, 0.2) is 107 Å². The van der Waals surface area contributed by atoms with Gasteiger partial charge in [0.2, 0.25) is 0 Å². The summed E-state index contributed by atoms with van der Waals surface area (Å²) in [6.45, 7) is 65.8. The second-order valence-electron chi connectivity index (χ2n) is 37.4. The Morgan fingerprint density at radius 2 is 0.608 bits per heavy atom. The summed E-state index contributed by atoms with van der Waals surface area (Å²) >= 11 is 0. The molecule has 3 aliphatic rings. The van der Waals surface area contributed by atoms with Crippen LogP contribution < -0.4 is 18.1 Å². The third-order valence-electron chi connectivity index (χ3n) is 20.6. The van der Waals surface area contributed by atoms with Crippen LogP contribution in [0.5, 0.6) is 23.0 Å². The first-order valence-corrected chi connectivity index (χ1v) is 40.5. The van der Waals surface area contributed by atoms with E-state index in [0.717, 1.165) is 66.8 Å². The van der Waals surface area contributed by atoms with Crippen molar-refractivity contribution in [3.63, 3.8) is 0 Å². The van der Waals surface area contributed by atoms with Crippen molar-refractivity contribution in [1.29, 1.82) is 0 Å². The molecule has 0 saturated heterocycles. The van der Waals surface area contributed by atoms with Crippen LogP contribution in [-0.2, 0) is 63.4 Å². The number of nitrogens with zero attached hydrogens (tertiary/aromatic N) is 2. The van der Waals surface area contributed by atoms with Gasteiger partial charge in [-0.15, -0.1) is 4.08 Å². The molecule has 1 aliphatic carbocycles. The van der Waals surface area contributed by atoms with Gasteiger partial charge >= 0.3 is 17.1 Å². The summed E-state index contributed by atoms with van der Waals surface area (Å²) in [4.78, 5) is 0.272. The predicted octanol–water partition coefficient (Wildman–Crippen LogP) is 23.4. The SMILES string of the molecule is Cc1ccc(S(=O)(=O)N(C2CCC(C(C)(C)N(P3Oc4c(cc(C(C)(C)C)cc4C(C)(C)C)C(C)c4cc(C(C)(C)C)cc(C(C)(C)C)c4O3)S(=O)(=O)c3ccc(C)cc3)CC2)P2Oc3c(cc(C(C)(C)C)cc3C(C)(C)C)C(C)c3cc(C(C)(C)C)cc(C(C)(C)C)c3O2)cc1. The number of aryl methyl sites for hydroxylation is 2. The van der Waals surface area contributed by atoms with Gasteiger partial charge in [-0.2, -0.15) is 0 Å². The molecule has 0 amide bonds. The highest BCUT2D eigenvalue weighted by Crippen LogP contribution is 2.64. The highest BCUT2D eigenvalue weighted by atomic mass is 32.2. The van der Waals surface area contributed by atoms with Gasteiger partial charge in [0.25, 0.3) is 20.0 Å². The highest BCUT2D eigenvalue weighted by Gasteiger charge is 2.55. The molecular weight excluding hydrogens is 1280 g/mol. The molecule has 0 N–H and O–H groups in total. The van der Waals surface area contributed by atoms with Gasteiger partial charge in [0.15, 0.2) is 0 Å². The number of sulfonamides is 2. The van der Waals surface area contributed by atoms with Crippen LogP contribution in [0.3, 0.4) is 0 Å². The zero-order valence-corrected chi connectivity index (χ0v) is 68.2. The van der Waals surface area contributed by atoms with Crippen molar-refractivity contribution in [3.8, 4) is 23.0 Å². The largest absolute Gasteiger partial charge is 0.426 e. The Hall–Kier alpha value is -4.80. The van der Waals surface area contributed by atoms with Crippen LogP contribution in [0.1, 0.15) is 309 Å². The van der Waals surface area contributed by atoms with Gasteiger partial charge in [-0.05, 0) is 149 Å². The summed E-state index contributed by atoms with van der Waals surface area (Å²) in [6.07, 6.45) is 1.60. The van der Waals surface area contributed by atoms with E-state index in [2.05, 4.69) is 229 Å². The van der Waals surface area contributed by atoms with Gasteiger partial charge in [-0.3, -0.25) is 0 Å². The lowest BCUT2D eigenvalue weighted by Crippen LogP contribution is -2.52. The third-order valence-corrected chi connectivity index (χ3v) is 29.0. The Kier molecular flexibility index (Phi) is 20.4. The molecule has 530 valence electrons. The Morgan fingerprint density at radius 3 is 0.866 bits per heavy atom. The zero-order chi connectivity index (χ0) is 72.6. The summed E-state index contributed by atoms with van der Waals surface area (Å²) in [5.74, 6) is 1.78. The van der Waals surface area contributed by atoms with Gasteiger partial charge in [-0.1, -0.05) is 268 Å². The molecule has 0 atom stereocenters. The fourth-order valence-electron chi connectivity index (χ4n) is 13.9. The number of hydrogen-bond donors (Lipinski definition) is 0. The van der Waals surface area contributed by atoms with Crippen molar-refractivity contribution in [1.82, 2.24) is 8.15 Å². The van der Waals surface area contributed by atoms with Crippen LogP contribution in [0.2, 0.25) is 0 Å². The highest BCUT2D eigenvalue weighted by molar-refractivity contribution is 7.94. The molecule has 9 rings (SSSR count). The number of benzene rings is 6. The molecule has 0 aromatic heterocycles. The molecule has 14 heteroatoms. The van der Waals surface area contributed by atoms with E-state index in [1.165, 1.54) is 11.1 Å². The van der Waals surface area contributed by atoms with Crippen molar-refractivity contribution in [3.05, 3.63) is 175 Å². The molecule has 0 bridgehead atoms. The van der Waals surface area contributed by atoms with E-state index in [1.54, 1.807) is 32.4 Å². The van der Waals surface area contributed by atoms with E-state index in [1.807, 2.05) is 52.0 Å². The Bertz CT molecular complexity index is 4000. The molecule has 1 saturated carbocycles. The number of rotatable bonds is 9. The number of fused-ring (bicyclic) bond motifs is 4. The topological polar surface area (TPSA) is 112 Å². The average Bonchev–Trinajstić information content (AvgIpc) is 0.734. The van der Waals surface area contributed by atoms with E-state index in [9.17, 15) is 0 Å². The van der Waals surface area contributed by atoms with Crippen molar-refractivity contribution in [2.75, 3.05) is 0 Å². The first-order chi connectivity index (χ1) is 44.0. The second-order valence-corrected chi connectivity index (χ2v) is 44.0. The average molecular weight is 1400 g/mol. The lowest BCUT2D eigenvalue weighted by molar-refractivity contribution is 0.134. The molecule has 2 aliphatic heterocycles. The van der Waals surface area contributed by atoms with Crippen molar-refractivity contribution in [2.24, 2.45) is 5.92 Å². The summed E-state index contributed by atoms with van der Waals surface area (Å²) in [5, 5.41) is 0. The molecule has 1 fully saturated rings. The normalized spacial score (nSPS) is 20.4. The molecule has 6 aromatic carbocycles. The van der Waals surface area contributed by atoms with Crippen molar-refractivity contribution >= 4 is 37.1 Å². The van der Waals surface area contributed by atoms with E-state index < -0.39 is 70.3 Å². The maximum Gasteiger partial charge on any atom is 0.400 e. The summed E-state index contributed by atoms with van der Waals surface area (Å²) in [6, 6.07) is 31.8. The predicted molar refractivity (Wildman–Crippen MR) is 407 cm³/mol. The maximum atomic E-state index is 16.6. The molecule has 2 heterocycles. The molecule has 0 spiro atoms. The minimum atomic E-state index is -4.50. The smallest absolute Gasteiger partial charge is 0.400 e. The first-order valence-electron chi connectivity index (χ1n) is 35.4. The Morgan fingerprint density at radius 1 is 0.351 bits per heavy atom. The molecule has 6 aromatic rings. The van der Waals surface area contributed by atoms with Gasteiger partial charge in [0, 0.05) is 67.9 Å². The zero-order valence-electron chi connectivity index (χ0n) is 64.7. The maximum absolute atomic E-state index is 16.6. The summed E-state index contributed by atoms with van der Waals surface area (Å²) < 4.78 is 100. The lowest BCUT2D eigenvalue weighted by atomic mass is 9.74. The standard InChI is InChI=1S/C83H118N2O8P2S2/c1-51-31-39-61(40-32-51)96(86,87)84(94-90-71-63(43-56(75(5,6)7)47-67(71)79(17,18)19)53(3)64-44-57(76(8,9)10)48-68(72(64)91-94)80(20,21)22)60-37-35-55(36-38-60)83(29,30)85(97(88,89)62-41-33-52(2)34-42-62)95-92-73-65(45-58(77(11,12)13)49-69(73)81(23,24)25)54(4)66-46-59(78(14,15)16)50-70(74(66)93-95)82(26,27)28/h31-34,39-50,53-55,60H,35-38H2,1-30H3. The molecular formula is C83H118N2O8P2S2. The lowest BCUT2D eigenvalue weighted by Gasteiger charge is -2.48. The summed E-state index contributed by atoms with van der Waals surface area (Å²) in [5.41, 5.74) is 10.4. The summed E-state index contributed by atoms with van der Waals surface area (Å²) in [7, 11) is -14.1. The number of hydrogen-bond acceptors (Lipinski definition) is 8. The van der Waals surface area contributed by atoms with Crippen molar-refractivity contribution < 1.29 is 34.9 Å². The molecule has 97 heavy (non-hydrogen) atoms. The molecule has 10 nitrogen and oxygen atoms in total. The van der Waals surface area contributed by atoms with Crippen LogP contribution >= 0.6 is 17.1 Å². The van der Waals surface area contributed by atoms with Crippen LogP contribution in [-0.4, -0.2) is 36.6 Å². The fraction of sp³-hybridized carbons (Fsp3) is 0.566. The van der Waals surface area contributed by atoms with Crippen molar-refractivity contribution in [2.45, 2.75) is 310 Å². The van der Waals surface area contributed by atoms with Gasteiger partial charge in [0.1, 0.15) is 23.0 Å². The Balaban J connectivity index is 1.27. The minimum absolute atomic E-state index is 0.129. The van der Waals surface area contributed by atoms with Gasteiger partial charge in [0.05, 0.1) is 9.79 Å². The van der Waals surface area contributed by atoms with Gasteiger partial charge in [-0.25, -0.2) is 16.8 Å². The monoisotopic (exact) mass is 1400 g/mol. The van der Waals surface area contributed by atoms with E-state index in [-0.39, 0.29) is 49.2 Å². The van der Waals surface area contributed by atoms with E-state index in [0.29, 0.717) is 48.7 Å². The van der Waals surface area contributed by atoms with Crippen LogP contribution in [0.25, 0.3) is 0 Å². The first kappa shape index (κ1) is 76.4. The van der Waals surface area contributed by atoms with Crippen LogP contribution in [0.4, 0.5) is 0 Å². The van der Waals surface area contributed by atoms with E-state index >= 15 is 16.8 Å². The van der Waals surface area contributed by atoms with Gasteiger partial charge < -0.3 is 18.1 Å². The van der Waals surface area contributed by atoms with E-state index in [4.69, 9.17) is 18.1 Å².